The highest BCUT2D eigenvalue weighted by Crippen LogP contribution is 2.13. The molecule has 15 heavy (non-hydrogen) atoms. The highest BCUT2D eigenvalue weighted by atomic mass is 32.2. The van der Waals surface area contributed by atoms with Crippen LogP contribution in [-0.4, -0.2) is 25.3 Å². The van der Waals surface area contributed by atoms with Crippen LogP contribution < -0.4 is 5.73 Å². The minimum atomic E-state index is 0.124. The molecule has 0 saturated carbocycles. The van der Waals surface area contributed by atoms with Gasteiger partial charge in [-0.25, -0.2) is 0 Å². The first-order valence-electron chi connectivity index (χ1n) is 4.74. The Balaban J connectivity index is 2.47. The van der Waals surface area contributed by atoms with Gasteiger partial charge in [-0.15, -0.1) is 0 Å². The van der Waals surface area contributed by atoms with Crippen LogP contribution in [0.15, 0.2) is 24.3 Å². The summed E-state index contributed by atoms with van der Waals surface area (Å²) in [6.07, 6.45) is 0. The van der Waals surface area contributed by atoms with E-state index in [1.807, 2.05) is 36.0 Å². The molecule has 0 unspecified atom stereocenters. The summed E-state index contributed by atoms with van der Waals surface area (Å²) in [7, 11) is 1.71. The Hall–Kier alpha value is -1.00. The molecule has 0 spiro atoms. The van der Waals surface area contributed by atoms with Crippen LogP contribution in [0.1, 0.15) is 11.1 Å². The molecule has 0 saturated heterocycles. The first kappa shape index (κ1) is 12.1. The molecule has 1 rings (SSSR count). The second-order valence-electron chi connectivity index (χ2n) is 3.16. The Morgan fingerprint density at radius 1 is 1.53 bits per heavy atom. The summed E-state index contributed by atoms with van der Waals surface area (Å²) in [5, 5.41) is 7.33. The lowest BCUT2D eigenvalue weighted by Crippen LogP contribution is -2.10. The molecule has 0 fully saturated rings. The topological polar surface area (TPSA) is 59.1 Å². The van der Waals surface area contributed by atoms with E-state index in [1.165, 1.54) is 5.56 Å². The quantitative estimate of drug-likeness (QED) is 0.440. The van der Waals surface area contributed by atoms with Crippen molar-refractivity contribution in [3.63, 3.8) is 0 Å². The SMILES string of the molecule is COCCSCc1cccc(C(=N)N)c1. The Labute approximate surface area is 94.5 Å². The lowest BCUT2D eigenvalue weighted by atomic mass is 10.1. The zero-order chi connectivity index (χ0) is 11.1. The number of nitrogen functional groups attached to an aromatic ring is 1. The van der Waals surface area contributed by atoms with Crippen LogP contribution in [-0.2, 0) is 10.5 Å². The van der Waals surface area contributed by atoms with Gasteiger partial charge in [0.25, 0.3) is 0 Å². The van der Waals surface area contributed by atoms with Crippen LogP contribution >= 0.6 is 11.8 Å². The normalized spacial score (nSPS) is 10.2. The fourth-order valence-corrected chi connectivity index (χ4v) is 2.01. The van der Waals surface area contributed by atoms with E-state index < -0.39 is 0 Å². The number of nitrogens with two attached hydrogens (primary N) is 1. The molecule has 0 aliphatic heterocycles. The molecule has 3 N–H and O–H groups in total. The summed E-state index contributed by atoms with van der Waals surface area (Å²) in [5.41, 5.74) is 7.40. The number of rotatable bonds is 6. The molecule has 0 aliphatic rings. The third kappa shape index (κ3) is 4.36. The van der Waals surface area contributed by atoms with Gasteiger partial charge >= 0.3 is 0 Å². The molecule has 0 radical (unpaired) electrons. The number of amidine groups is 1. The zero-order valence-corrected chi connectivity index (χ0v) is 9.64. The van der Waals surface area contributed by atoms with Crippen molar-refractivity contribution < 1.29 is 4.74 Å². The maximum atomic E-state index is 7.33. The van der Waals surface area contributed by atoms with Gasteiger partial charge < -0.3 is 10.5 Å². The number of methoxy groups -OCH3 is 1. The first-order valence-corrected chi connectivity index (χ1v) is 5.89. The van der Waals surface area contributed by atoms with Crippen molar-refractivity contribution in [1.82, 2.24) is 0 Å². The minimum Gasteiger partial charge on any atom is -0.384 e. The Bertz CT molecular complexity index is 328. The van der Waals surface area contributed by atoms with Crippen molar-refractivity contribution in [3.8, 4) is 0 Å². The van der Waals surface area contributed by atoms with Gasteiger partial charge in [0, 0.05) is 24.2 Å². The summed E-state index contributed by atoms with van der Waals surface area (Å²) < 4.78 is 4.97. The Kier molecular flexibility index (Phi) is 5.21. The second kappa shape index (κ2) is 6.48. The smallest absolute Gasteiger partial charge is 0.122 e. The molecule has 0 amide bonds. The molecule has 0 bridgehead atoms. The lowest BCUT2D eigenvalue weighted by molar-refractivity contribution is 0.218. The van der Waals surface area contributed by atoms with Crippen LogP contribution in [0, 0.1) is 5.41 Å². The standard InChI is InChI=1S/C11H16N2OS/c1-14-5-6-15-8-9-3-2-4-10(7-9)11(12)13/h2-4,7H,5-6,8H2,1H3,(H3,12,13). The van der Waals surface area contributed by atoms with Crippen LogP contribution in [0.2, 0.25) is 0 Å². The average molecular weight is 224 g/mol. The summed E-state index contributed by atoms with van der Waals surface area (Å²) >= 11 is 1.82. The molecular formula is C11H16N2OS. The van der Waals surface area contributed by atoms with Gasteiger partial charge in [0.05, 0.1) is 6.61 Å². The van der Waals surface area contributed by atoms with E-state index in [9.17, 15) is 0 Å². The molecule has 0 aromatic heterocycles. The highest BCUT2D eigenvalue weighted by Gasteiger charge is 1.98. The monoisotopic (exact) mass is 224 g/mol. The van der Waals surface area contributed by atoms with E-state index in [0.29, 0.717) is 0 Å². The molecule has 82 valence electrons. The predicted molar refractivity (Wildman–Crippen MR) is 65.5 cm³/mol. The van der Waals surface area contributed by atoms with Crippen LogP contribution in [0.3, 0.4) is 0 Å². The number of benzene rings is 1. The third-order valence-electron chi connectivity index (χ3n) is 1.94. The van der Waals surface area contributed by atoms with E-state index in [2.05, 4.69) is 0 Å². The number of ether oxygens (including phenoxy) is 1. The molecule has 0 aliphatic carbocycles. The highest BCUT2D eigenvalue weighted by molar-refractivity contribution is 7.98. The molecule has 0 heterocycles. The Morgan fingerprint density at radius 2 is 2.33 bits per heavy atom. The molecule has 0 atom stereocenters. The first-order chi connectivity index (χ1) is 7.24. The van der Waals surface area contributed by atoms with Gasteiger partial charge in [0.15, 0.2) is 0 Å². The van der Waals surface area contributed by atoms with Crippen molar-refractivity contribution in [2.75, 3.05) is 19.5 Å². The number of nitrogens with one attached hydrogen (secondary N) is 1. The average Bonchev–Trinajstić information content (AvgIpc) is 2.25. The molecule has 1 aromatic rings. The van der Waals surface area contributed by atoms with E-state index in [-0.39, 0.29) is 5.84 Å². The van der Waals surface area contributed by atoms with Crippen LogP contribution in [0.25, 0.3) is 0 Å². The predicted octanol–water partition coefficient (Wildman–Crippen LogP) is 1.85. The largest absolute Gasteiger partial charge is 0.384 e. The van der Waals surface area contributed by atoms with E-state index >= 15 is 0 Å². The van der Waals surface area contributed by atoms with Crippen molar-refractivity contribution in [2.24, 2.45) is 5.73 Å². The third-order valence-corrected chi connectivity index (χ3v) is 2.93. The van der Waals surface area contributed by atoms with Crippen LogP contribution in [0.4, 0.5) is 0 Å². The van der Waals surface area contributed by atoms with Gasteiger partial charge in [0.2, 0.25) is 0 Å². The fraction of sp³-hybridized carbons (Fsp3) is 0.364. The maximum Gasteiger partial charge on any atom is 0.122 e. The van der Waals surface area contributed by atoms with Crippen molar-refractivity contribution >= 4 is 17.6 Å². The summed E-state index contributed by atoms with van der Waals surface area (Å²) in [4.78, 5) is 0. The van der Waals surface area contributed by atoms with Crippen LogP contribution in [0.5, 0.6) is 0 Å². The summed E-state index contributed by atoms with van der Waals surface area (Å²) in [5.74, 6) is 2.05. The van der Waals surface area contributed by atoms with Gasteiger partial charge in [-0.2, -0.15) is 11.8 Å². The number of hydrogen-bond acceptors (Lipinski definition) is 3. The lowest BCUT2D eigenvalue weighted by Gasteiger charge is -2.04. The van der Waals surface area contributed by atoms with E-state index in [1.54, 1.807) is 7.11 Å². The van der Waals surface area contributed by atoms with Gasteiger partial charge in [-0.05, 0) is 11.6 Å². The Morgan fingerprint density at radius 3 is 3.00 bits per heavy atom. The molecule has 3 nitrogen and oxygen atoms in total. The van der Waals surface area contributed by atoms with Crippen molar-refractivity contribution in [3.05, 3.63) is 35.4 Å². The molecule has 1 aromatic carbocycles. The van der Waals surface area contributed by atoms with E-state index in [0.717, 1.165) is 23.7 Å². The van der Waals surface area contributed by atoms with Gasteiger partial charge in [-0.1, -0.05) is 18.2 Å². The van der Waals surface area contributed by atoms with Gasteiger partial charge in [-0.3, -0.25) is 5.41 Å². The maximum absolute atomic E-state index is 7.33. The minimum absolute atomic E-state index is 0.124. The zero-order valence-electron chi connectivity index (χ0n) is 8.82. The van der Waals surface area contributed by atoms with E-state index in [4.69, 9.17) is 15.9 Å². The second-order valence-corrected chi connectivity index (χ2v) is 4.26. The fourth-order valence-electron chi connectivity index (χ4n) is 1.16. The number of hydrogen-bond donors (Lipinski definition) is 2. The molecule has 4 heteroatoms. The summed E-state index contributed by atoms with van der Waals surface area (Å²) in [6.45, 7) is 0.775. The summed E-state index contributed by atoms with van der Waals surface area (Å²) in [6, 6.07) is 7.79. The van der Waals surface area contributed by atoms with Crippen molar-refractivity contribution in [1.29, 1.82) is 5.41 Å². The number of thioether (sulfide) groups is 1. The van der Waals surface area contributed by atoms with Crippen molar-refractivity contribution in [2.45, 2.75) is 5.75 Å². The molecular weight excluding hydrogens is 208 g/mol. The van der Waals surface area contributed by atoms with Gasteiger partial charge in [0.1, 0.15) is 5.84 Å².